The fourth-order valence-corrected chi connectivity index (χ4v) is 3.81. The molecule has 1 atom stereocenters. The van der Waals surface area contributed by atoms with Crippen LogP contribution in [0.4, 0.5) is 0 Å². The van der Waals surface area contributed by atoms with Gasteiger partial charge in [-0.05, 0) is 63.6 Å². The van der Waals surface area contributed by atoms with Crippen molar-refractivity contribution in [2.45, 2.75) is 64.6 Å². The highest BCUT2D eigenvalue weighted by Crippen LogP contribution is 2.27. The van der Waals surface area contributed by atoms with Crippen LogP contribution in [0, 0.1) is 12.8 Å². The molecule has 1 N–H and O–H groups in total. The minimum atomic E-state index is -0.111. The van der Waals surface area contributed by atoms with E-state index in [2.05, 4.69) is 26.6 Å². The zero-order chi connectivity index (χ0) is 18.6. The van der Waals surface area contributed by atoms with Crippen molar-refractivity contribution in [1.29, 1.82) is 0 Å². The molecular weight excluding hydrogens is 342 g/mol. The first-order valence-corrected chi connectivity index (χ1v) is 10.1. The highest BCUT2D eigenvalue weighted by molar-refractivity contribution is 5.91. The Bertz CT molecular complexity index is 764. The third kappa shape index (κ3) is 4.97. The first-order chi connectivity index (χ1) is 13.2. The van der Waals surface area contributed by atoms with Crippen molar-refractivity contribution >= 4 is 5.91 Å². The van der Waals surface area contributed by atoms with Crippen LogP contribution in [0.15, 0.2) is 22.7 Å². The lowest BCUT2D eigenvalue weighted by atomic mass is 9.99. The lowest BCUT2D eigenvalue weighted by molar-refractivity contribution is 0.0946. The SMILES string of the molecule is Cc1ccc(CN2CCCCC2CCn2cc(C(=O)NCC3CC3)nn2)o1. The highest BCUT2D eigenvalue weighted by atomic mass is 16.3. The van der Waals surface area contributed by atoms with E-state index in [1.54, 1.807) is 10.9 Å². The van der Waals surface area contributed by atoms with Gasteiger partial charge in [0, 0.05) is 19.1 Å². The molecule has 27 heavy (non-hydrogen) atoms. The van der Waals surface area contributed by atoms with Gasteiger partial charge in [-0.3, -0.25) is 14.4 Å². The number of aromatic nitrogens is 3. The number of nitrogens with zero attached hydrogens (tertiary/aromatic N) is 4. The Morgan fingerprint density at radius 2 is 2.19 bits per heavy atom. The fourth-order valence-electron chi connectivity index (χ4n) is 3.81. The van der Waals surface area contributed by atoms with Gasteiger partial charge >= 0.3 is 0 Å². The largest absolute Gasteiger partial charge is 0.465 e. The predicted molar refractivity (Wildman–Crippen MR) is 101 cm³/mol. The zero-order valence-corrected chi connectivity index (χ0v) is 16.1. The molecule has 1 aliphatic carbocycles. The Hall–Kier alpha value is -2.15. The van der Waals surface area contributed by atoms with E-state index in [1.807, 2.05) is 13.0 Å². The van der Waals surface area contributed by atoms with Crippen molar-refractivity contribution < 1.29 is 9.21 Å². The Morgan fingerprint density at radius 3 is 2.96 bits per heavy atom. The first kappa shape index (κ1) is 18.2. The molecule has 7 heteroatoms. The standard InChI is InChI=1S/C20H29N5O2/c1-15-5-8-18(27-15)13-24-10-3-2-4-17(24)9-11-25-14-19(22-23-25)20(26)21-12-16-6-7-16/h5,8,14,16-17H,2-4,6-7,9-13H2,1H3,(H,21,26). The van der Waals surface area contributed by atoms with Crippen molar-refractivity contribution in [2.24, 2.45) is 5.92 Å². The summed E-state index contributed by atoms with van der Waals surface area (Å²) in [5, 5.41) is 11.1. The maximum atomic E-state index is 12.1. The molecule has 7 nitrogen and oxygen atoms in total. The molecular formula is C20H29N5O2. The Morgan fingerprint density at radius 1 is 1.30 bits per heavy atom. The van der Waals surface area contributed by atoms with Gasteiger partial charge in [0.2, 0.25) is 0 Å². The van der Waals surface area contributed by atoms with E-state index >= 15 is 0 Å². The van der Waals surface area contributed by atoms with Gasteiger partial charge in [-0.1, -0.05) is 11.6 Å². The van der Waals surface area contributed by atoms with Gasteiger partial charge in [0.05, 0.1) is 12.7 Å². The van der Waals surface area contributed by atoms with E-state index in [-0.39, 0.29) is 5.91 Å². The molecule has 0 aromatic carbocycles. The summed E-state index contributed by atoms with van der Waals surface area (Å²) in [5.41, 5.74) is 0.419. The molecule has 2 fully saturated rings. The van der Waals surface area contributed by atoms with E-state index in [1.165, 1.54) is 32.1 Å². The van der Waals surface area contributed by atoms with Gasteiger partial charge in [0.15, 0.2) is 5.69 Å². The number of piperidine rings is 1. The topological polar surface area (TPSA) is 76.2 Å². The molecule has 0 spiro atoms. The molecule has 1 saturated heterocycles. The third-order valence-corrected chi connectivity index (χ3v) is 5.61. The summed E-state index contributed by atoms with van der Waals surface area (Å²) >= 11 is 0. The molecule has 3 heterocycles. The Kier molecular flexibility index (Phi) is 5.57. The van der Waals surface area contributed by atoms with E-state index in [4.69, 9.17) is 4.42 Å². The summed E-state index contributed by atoms with van der Waals surface area (Å²) in [5.74, 6) is 2.56. The highest BCUT2D eigenvalue weighted by Gasteiger charge is 2.24. The average molecular weight is 371 g/mol. The van der Waals surface area contributed by atoms with E-state index in [0.717, 1.165) is 44.1 Å². The summed E-state index contributed by atoms with van der Waals surface area (Å²) in [4.78, 5) is 14.6. The van der Waals surface area contributed by atoms with Crippen molar-refractivity contribution in [2.75, 3.05) is 13.1 Å². The first-order valence-electron chi connectivity index (χ1n) is 10.1. The average Bonchev–Trinajstić information content (AvgIpc) is 3.23. The predicted octanol–water partition coefficient (Wildman–Crippen LogP) is 2.76. The van der Waals surface area contributed by atoms with Gasteiger partial charge < -0.3 is 9.73 Å². The van der Waals surface area contributed by atoms with Crippen LogP contribution in [-0.2, 0) is 13.1 Å². The second-order valence-corrected chi connectivity index (χ2v) is 7.94. The lowest BCUT2D eigenvalue weighted by Crippen LogP contribution is -2.39. The van der Waals surface area contributed by atoms with E-state index in [9.17, 15) is 4.79 Å². The fraction of sp³-hybridized carbons (Fsp3) is 0.650. The number of aryl methyl sites for hydroxylation is 2. The summed E-state index contributed by atoms with van der Waals surface area (Å²) in [7, 11) is 0. The molecule has 1 unspecified atom stereocenters. The van der Waals surface area contributed by atoms with Crippen molar-refractivity contribution in [3.8, 4) is 0 Å². The number of amides is 1. The van der Waals surface area contributed by atoms with Crippen LogP contribution in [0.2, 0.25) is 0 Å². The quantitative estimate of drug-likeness (QED) is 0.772. The maximum Gasteiger partial charge on any atom is 0.273 e. The number of furan rings is 1. The minimum Gasteiger partial charge on any atom is -0.465 e. The van der Waals surface area contributed by atoms with Crippen LogP contribution >= 0.6 is 0 Å². The van der Waals surface area contributed by atoms with Crippen LogP contribution in [0.3, 0.4) is 0 Å². The monoisotopic (exact) mass is 371 g/mol. The van der Waals surface area contributed by atoms with Gasteiger partial charge in [-0.25, -0.2) is 0 Å². The molecule has 146 valence electrons. The maximum absolute atomic E-state index is 12.1. The second kappa shape index (κ2) is 8.25. The number of nitrogens with one attached hydrogen (secondary N) is 1. The Balaban J connectivity index is 1.29. The van der Waals surface area contributed by atoms with Crippen LogP contribution in [-0.4, -0.2) is 44.9 Å². The summed E-state index contributed by atoms with van der Waals surface area (Å²) in [6, 6.07) is 4.62. The molecule has 2 aromatic heterocycles. The molecule has 1 saturated carbocycles. The van der Waals surface area contributed by atoms with Crippen LogP contribution in [0.25, 0.3) is 0 Å². The summed E-state index contributed by atoms with van der Waals surface area (Å²) < 4.78 is 7.56. The molecule has 2 aliphatic rings. The minimum absolute atomic E-state index is 0.111. The second-order valence-electron chi connectivity index (χ2n) is 7.94. The van der Waals surface area contributed by atoms with Crippen LogP contribution in [0.5, 0.6) is 0 Å². The number of carbonyl (C=O) groups is 1. The Labute approximate surface area is 160 Å². The molecule has 2 aromatic rings. The summed E-state index contributed by atoms with van der Waals surface area (Å²) in [6.07, 6.45) is 8.93. The third-order valence-electron chi connectivity index (χ3n) is 5.61. The number of hydrogen-bond acceptors (Lipinski definition) is 5. The molecule has 0 bridgehead atoms. The van der Waals surface area contributed by atoms with Gasteiger partial charge in [-0.15, -0.1) is 5.10 Å². The van der Waals surface area contributed by atoms with Gasteiger partial charge in [0.25, 0.3) is 5.91 Å². The van der Waals surface area contributed by atoms with Crippen molar-refractivity contribution in [1.82, 2.24) is 25.2 Å². The normalized spacial score (nSPS) is 20.7. The summed E-state index contributed by atoms with van der Waals surface area (Å²) in [6.45, 7) is 5.50. The number of likely N-dealkylation sites (tertiary alicyclic amines) is 1. The molecule has 1 aliphatic heterocycles. The number of rotatable bonds is 8. The van der Waals surface area contributed by atoms with Gasteiger partial charge in [-0.2, -0.15) is 0 Å². The van der Waals surface area contributed by atoms with E-state index in [0.29, 0.717) is 17.7 Å². The van der Waals surface area contributed by atoms with Gasteiger partial charge in [0.1, 0.15) is 11.5 Å². The molecule has 4 rings (SSSR count). The zero-order valence-electron chi connectivity index (χ0n) is 16.1. The van der Waals surface area contributed by atoms with Crippen LogP contribution in [0.1, 0.15) is 60.5 Å². The van der Waals surface area contributed by atoms with Crippen molar-refractivity contribution in [3.63, 3.8) is 0 Å². The van der Waals surface area contributed by atoms with Crippen LogP contribution < -0.4 is 5.32 Å². The van der Waals surface area contributed by atoms with E-state index < -0.39 is 0 Å². The molecule has 0 radical (unpaired) electrons. The molecule has 1 amide bonds. The number of carbonyl (C=O) groups excluding carboxylic acids is 1. The van der Waals surface area contributed by atoms with Crippen molar-refractivity contribution in [3.05, 3.63) is 35.5 Å². The number of hydrogen-bond donors (Lipinski definition) is 1. The lowest BCUT2D eigenvalue weighted by Gasteiger charge is -2.35. The smallest absolute Gasteiger partial charge is 0.273 e.